The van der Waals surface area contributed by atoms with Crippen LogP contribution in [0.4, 0.5) is 0 Å². The van der Waals surface area contributed by atoms with Crippen molar-refractivity contribution in [2.24, 2.45) is 0 Å². The molecule has 0 spiro atoms. The first-order valence-corrected chi connectivity index (χ1v) is 3.29. The monoisotopic (exact) mass is 165 g/mol. The molecule has 0 aliphatic heterocycles. The summed E-state index contributed by atoms with van der Waals surface area (Å²) < 4.78 is 0. The van der Waals surface area contributed by atoms with E-state index in [1.165, 1.54) is 25.5 Å². The highest BCUT2D eigenvalue weighted by atomic mass is 16.6. The Labute approximate surface area is 68.9 Å². The molecular formula is C7H7N3O2. The number of nitro groups is 1. The van der Waals surface area contributed by atoms with Crippen molar-refractivity contribution in [2.45, 2.75) is 6.92 Å². The van der Waals surface area contributed by atoms with Gasteiger partial charge in [-0.25, -0.2) is 9.97 Å². The molecule has 0 saturated heterocycles. The fourth-order valence-electron chi connectivity index (χ4n) is 0.653. The number of hydrogen-bond acceptors (Lipinski definition) is 4. The van der Waals surface area contributed by atoms with Gasteiger partial charge < -0.3 is 0 Å². The lowest BCUT2D eigenvalue weighted by Gasteiger charge is -1.90. The second-order valence-electron chi connectivity index (χ2n) is 2.18. The third-order valence-corrected chi connectivity index (χ3v) is 1.25. The molecular weight excluding hydrogens is 158 g/mol. The molecule has 0 fully saturated rings. The van der Waals surface area contributed by atoms with Crippen molar-refractivity contribution in [3.05, 3.63) is 40.1 Å². The first-order chi connectivity index (χ1) is 5.70. The molecule has 5 nitrogen and oxygen atoms in total. The average Bonchev–Trinajstić information content (AvgIpc) is 2.06. The van der Waals surface area contributed by atoms with Crippen molar-refractivity contribution in [3.8, 4) is 0 Å². The molecule has 1 aromatic rings. The van der Waals surface area contributed by atoms with Crippen LogP contribution in [-0.2, 0) is 0 Å². The van der Waals surface area contributed by atoms with Gasteiger partial charge in [0.15, 0.2) is 0 Å². The molecule has 0 radical (unpaired) electrons. The third kappa shape index (κ3) is 2.12. The van der Waals surface area contributed by atoms with Gasteiger partial charge in [0.05, 0.1) is 10.6 Å². The van der Waals surface area contributed by atoms with Gasteiger partial charge in [0.2, 0.25) is 5.70 Å². The van der Waals surface area contributed by atoms with Crippen molar-refractivity contribution in [1.29, 1.82) is 0 Å². The minimum Gasteiger partial charge on any atom is -0.259 e. The number of allylic oxidation sites excluding steroid dienone is 1. The van der Waals surface area contributed by atoms with E-state index in [4.69, 9.17) is 0 Å². The Hall–Kier alpha value is -1.78. The number of nitrogens with zero attached hydrogens (tertiary/aromatic N) is 3. The van der Waals surface area contributed by atoms with Crippen LogP contribution in [0.25, 0.3) is 6.08 Å². The van der Waals surface area contributed by atoms with E-state index in [9.17, 15) is 10.1 Å². The highest BCUT2D eigenvalue weighted by Gasteiger charge is 2.01. The lowest BCUT2D eigenvalue weighted by molar-refractivity contribution is -0.422. The lowest BCUT2D eigenvalue weighted by Crippen LogP contribution is -1.93. The molecule has 0 atom stereocenters. The lowest BCUT2D eigenvalue weighted by atomic mass is 10.3. The molecule has 0 bridgehead atoms. The van der Waals surface area contributed by atoms with Gasteiger partial charge in [-0.15, -0.1) is 0 Å². The Morgan fingerprint density at radius 3 is 3.00 bits per heavy atom. The molecule has 1 heterocycles. The summed E-state index contributed by atoms with van der Waals surface area (Å²) in [6.45, 7) is 1.42. The number of rotatable bonds is 2. The maximum atomic E-state index is 10.2. The molecule has 1 rings (SSSR count). The average molecular weight is 165 g/mol. The van der Waals surface area contributed by atoms with E-state index in [-0.39, 0.29) is 5.70 Å². The van der Waals surface area contributed by atoms with E-state index in [1.807, 2.05) is 0 Å². The Morgan fingerprint density at radius 1 is 1.75 bits per heavy atom. The van der Waals surface area contributed by atoms with E-state index in [2.05, 4.69) is 9.97 Å². The zero-order valence-corrected chi connectivity index (χ0v) is 6.47. The topological polar surface area (TPSA) is 68.9 Å². The molecule has 0 unspecified atom stereocenters. The third-order valence-electron chi connectivity index (χ3n) is 1.25. The van der Waals surface area contributed by atoms with E-state index in [1.54, 1.807) is 6.07 Å². The van der Waals surface area contributed by atoms with Crippen molar-refractivity contribution < 1.29 is 4.92 Å². The van der Waals surface area contributed by atoms with Crippen molar-refractivity contribution >= 4 is 6.08 Å². The maximum absolute atomic E-state index is 10.2. The van der Waals surface area contributed by atoms with Gasteiger partial charge in [-0.1, -0.05) is 0 Å². The van der Waals surface area contributed by atoms with Crippen molar-refractivity contribution in [1.82, 2.24) is 9.97 Å². The standard InChI is InChI=1S/C7H7N3O2/c1-6(10(11)12)4-7-2-3-8-5-9-7/h2-5H,1H3. The fourth-order valence-corrected chi connectivity index (χ4v) is 0.653. The first-order valence-electron chi connectivity index (χ1n) is 3.29. The molecule has 0 amide bonds. The molecule has 0 aliphatic carbocycles. The summed E-state index contributed by atoms with van der Waals surface area (Å²) in [5, 5.41) is 10.2. The second-order valence-corrected chi connectivity index (χ2v) is 2.18. The van der Waals surface area contributed by atoms with Gasteiger partial charge in [0.25, 0.3) is 0 Å². The quantitative estimate of drug-likeness (QED) is 0.486. The van der Waals surface area contributed by atoms with Crippen LogP contribution in [0.2, 0.25) is 0 Å². The summed E-state index contributed by atoms with van der Waals surface area (Å²) in [5.74, 6) is 0. The van der Waals surface area contributed by atoms with Gasteiger partial charge in [-0.2, -0.15) is 0 Å². The van der Waals surface area contributed by atoms with Crippen molar-refractivity contribution in [3.63, 3.8) is 0 Å². The molecule has 0 N–H and O–H groups in total. The zero-order valence-electron chi connectivity index (χ0n) is 6.47. The first kappa shape index (κ1) is 8.32. The Kier molecular flexibility index (Phi) is 2.47. The van der Waals surface area contributed by atoms with Crippen LogP contribution in [-0.4, -0.2) is 14.9 Å². The highest BCUT2D eigenvalue weighted by molar-refractivity contribution is 5.44. The van der Waals surface area contributed by atoms with Gasteiger partial charge in [0.1, 0.15) is 6.33 Å². The van der Waals surface area contributed by atoms with Crippen LogP contribution in [0.1, 0.15) is 12.6 Å². The highest BCUT2D eigenvalue weighted by Crippen LogP contribution is 2.01. The Bertz CT molecular complexity index is 308. The second kappa shape index (κ2) is 3.56. The molecule has 0 saturated carbocycles. The summed E-state index contributed by atoms with van der Waals surface area (Å²) in [7, 11) is 0. The maximum Gasteiger partial charge on any atom is 0.245 e. The predicted octanol–water partition coefficient (Wildman–Crippen LogP) is 1.11. The van der Waals surface area contributed by atoms with E-state index >= 15 is 0 Å². The zero-order chi connectivity index (χ0) is 8.97. The fraction of sp³-hybridized carbons (Fsp3) is 0.143. The number of aromatic nitrogens is 2. The summed E-state index contributed by atoms with van der Waals surface area (Å²) in [5.41, 5.74) is 0.605. The molecule has 5 heteroatoms. The molecule has 62 valence electrons. The summed E-state index contributed by atoms with van der Waals surface area (Å²) in [4.78, 5) is 17.2. The minimum atomic E-state index is -0.456. The van der Waals surface area contributed by atoms with Crippen LogP contribution >= 0.6 is 0 Å². The van der Waals surface area contributed by atoms with E-state index in [0.717, 1.165) is 0 Å². The van der Waals surface area contributed by atoms with Crippen LogP contribution in [0, 0.1) is 10.1 Å². The number of hydrogen-bond donors (Lipinski definition) is 0. The van der Waals surface area contributed by atoms with Gasteiger partial charge in [-0.05, 0) is 6.07 Å². The van der Waals surface area contributed by atoms with E-state index in [0.29, 0.717) is 5.69 Å². The molecule has 12 heavy (non-hydrogen) atoms. The molecule has 0 aliphatic rings. The van der Waals surface area contributed by atoms with Crippen LogP contribution in [0.15, 0.2) is 24.3 Å². The molecule has 1 aromatic heterocycles. The van der Waals surface area contributed by atoms with Gasteiger partial charge in [0, 0.05) is 19.2 Å². The van der Waals surface area contributed by atoms with Crippen LogP contribution in [0.5, 0.6) is 0 Å². The summed E-state index contributed by atoms with van der Waals surface area (Å²) >= 11 is 0. The van der Waals surface area contributed by atoms with Crippen molar-refractivity contribution in [2.75, 3.05) is 0 Å². The summed E-state index contributed by atoms with van der Waals surface area (Å²) in [6.07, 6.45) is 4.27. The van der Waals surface area contributed by atoms with Gasteiger partial charge >= 0.3 is 0 Å². The largest absolute Gasteiger partial charge is 0.259 e. The minimum absolute atomic E-state index is 0.0636. The van der Waals surface area contributed by atoms with E-state index < -0.39 is 4.92 Å². The SMILES string of the molecule is CC(=Cc1ccncn1)[N+](=O)[O-]. The Morgan fingerprint density at radius 2 is 2.50 bits per heavy atom. The van der Waals surface area contributed by atoms with Gasteiger partial charge in [-0.3, -0.25) is 10.1 Å². The predicted molar refractivity (Wildman–Crippen MR) is 42.7 cm³/mol. The smallest absolute Gasteiger partial charge is 0.245 e. The van der Waals surface area contributed by atoms with Crippen LogP contribution in [0.3, 0.4) is 0 Å². The Balaban J connectivity index is 2.89. The molecule has 0 aromatic carbocycles. The van der Waals surface area contributed by atoms with Crippen LogP contribution < -0.4 is 0 Å². The summed E-state index contributed by atoms with van der Waals surface area (Å²) in [6, 6.07) is 1.60. The normalized spacial score (nSPS) is 11.2.